The SMILES string of the molecule is Cc1ccnc2c(F)c[nH]c12. The number of hydrogen-bond acceptors (Lipinski definition) is 1. The normalized spacial score (nSPS) is 10.7. The Kier molecular flexibility index (Phi) is 1.18. The van der Waals surface area contributed by atoms with Crippen molar-refractivity contribution >= 4 is 11.0 Å². The van der Waals surface area contributed by atoms with E-state index in [-0.39, 0.29) is 5.82 Å². The lowest BCUT2D eigenvalue weighted by molar-refractivity contribution is 0.636. The molecule has 0 aliphatic rings. The first-order valence-corrected chi connectivity index (χ1v) is 3.37. The third-order valence-corrected chi connectivity index (χ3v) is 1.73. The van der Waals surface area contributed by atoms with Crippen LogP contribution >= 0.6 is 0 Å². The first-order valence-electron chi connectivity index (χ1n) is 3.37. The maximum atomic E-state index is 12.8. The van der Waals surface area contributed by atoms with Crippen LogP contribution in [0.2, 0.25) is 0 Å². The van der Waals surface area contributed by atoms with E-state index >= 15 is 0 Å². The van der Waals surface area contributed by atoms with Crippen molar-refractivity contribution in [3.63, 3.8) is 0 Å². The summed E-state index contributed by atoms with van der Waals surface area (Å²) < 4.78 is 12.8. The zero-order valence-corrected chi connectivity index (χ0v) is 6.06. The zero-order chi connectivity index (χ0) is 7.84. The van der Waals surface area contributed by atoms with Crippen molar-refractivity contribution in [1.82, 2.24) is 9.97 Å². The van der Waals surface area contributed by atoms with Gasteiger partial charge in [0, 0.05) is 12.4 Å². The predicted molar refractivity (Wildman–Crippen MR) is 40.8 cm³/mol. The molecule has 1 N–H and O–H groups in total. The second kappa shape index (κ2) is 2.05. The fourth-order valence-corrected chi connectivity index (χ4v) is 1.13. The Balaban J connectivity index is 2.94. The van der Waals surface area contributed by atoms with E-state index in [9.17, 15) is 4.39 Å². The predicted octanol–water partition coefficient (Wildman–Crippen LogP) is 2.01. The molecule has 2 aromatic rings. The molecule has 0 unspecified atom stereocenters. The van der Waals surface area contributed by atoms with Gasteiger partial charge in [-0.25, -0.2) is 4.39 Å². The van der Waals surface area contributed by atoms with Gasteiger partial charge in [0.1, 0.15) is 5.52 Å². The maximum Gasteiger partial charge on any atom is 0.166 e. The van der Waals surface area contributed by atoms with Crippen LogP contribution in [0.25, 0.3) is 11.0 Å². The van der Waals surface area contributed by atoms with Gasteiger partial charge < -0.3 is 4.98 Å². The highest BCUT2D eigenvalue weighted by Gasteiger charge is 2.04. The molecule has 0 aromatic carbocycles. The van der Waals surface area contributed by atoms with Gasteiger partial charge >= 0.3 is 0 Å². The summed E-state index contributed by atoms with van der Waals surface area (Å²) in [5.41, 5.74) is 2.22. The summed E-state index contributed by atoms with van der Waals surface area (Å²) in [6.45, 7) is 1.92. The second-order valence-corrected chi connectivity index (χ2v) is 2.49. The molecule has 56 valence electrons. The van der Waals surface area contributed by atoms with Crippen LogP contribution in [0.4, 0.5) is 4.39 Å². The van der Waals surface area contributed by atoms with Crippen LogP contribution < -0.4 is 0 Å². The largest absolute Gasteiger partial charge is 0.357 e. The van der Waals surface area contributed by atoms with Gasteiger partial charge in [0.05, 0.1) is 5.52 Å². The van der Waals surface area contributed by atoms with Gasteiger partial charge in [-0.05, 0) is 18.6 Å². The molecule has 0 atom stereocenters. The molecule has 11 heavy (non-hydrogen) atoms. The van der Waals surface area contributed by atoms with E-state index in [1.807, 2.05) is 13.0 Å². The molecule has 2 aromatic heterocycles. The molecule has 0 saturated carbocycles. The molecule has 0 spiro atoms. The molecule has 0 aliphatic carbocycles. The minimum absolute atomic E-state index is 0.288. The molecule has 0 amide bonds. The van der Waals surface area contributed by atoms with Crippen molar-refractivity contribution in [2.45, 2.75) is 6.92 Å². The van der Waals surface area contributed by atoms with Crippen molar-refractivity contribution in [3.05, 3.63) is 29.8 Å². The Morgan fingerprint density at radius 1 is 1.55 bits per heavy atom. The van der Waals surface area contributed by atoms with E-state index in [1.165, 1.54) is 6.20 Å². The smallest absolute Gasteiger partial charge is 0.166 e. The molecule has 2 heterocycles. The standard InChI is InChI=1S/C8H7FN2/c1-5-2-3-10-8-6(9)4-11-7(5)8/h2-4,11H,1H3. The topological polar surface area (TPSA) is 28.7 Å². The molecule has 0 fully saturated rings. The first kappa shape index (κ1) is 6.34. The van der Waals surface area contributed by atoms with Crippen LogP contribution in [0.5, 0.6) is 0 Å². The molecule has 0 radical (unpaired) electrons. The monoisotopic (exact) mass is 150 g/mol. The number of nitrogens with zero attached hydrogens (tertiary/aromatic N) is 1. The van der Waals surface area contributed by atoms with Crippen molar-refractivity contribution in [1.29, 1.82) is 0 Å². The van der Waals surface area contributed by atoms with E-state index in [0.29, 0.717) is 5.52 Å². The highest BCUT2D eigenvalue weighted by Crippen LogP contribution is 2.16. The van der Waals surface area contributed by atoms with Crippen molar-refractivity contribution < 1.29 is 4.39 Å². The number of aromatic nitrogens is 2. The molecule has 0 saturated heterocycles. The lowest BCUT2D eigenvalue weighted by Crippen LogP contribution is -1.79. The molecular weight excluding hydrogens is 143 g/mol. The minimum Gasteiger partial charge on any atom is -0.357 e. The van der Waals surface area contributed by atoms with Gasteiger partial charge in [0.2, 0.25) is 0 Å². The quantitative estimate of drug-likeness (QED) is 0.611. The summed E-state index contributed by atoms with van der Waals surface area (Å²) in [4.78, 5) is 6.71. The number of hydrogen-bond donors (Lipinski definition) is 1. The van der Waals surface area contributed by atoms with E-state index < -0.39 is 0 Å². The fraction of sp³-hybridized carbons (Fsp3) is 0.125. The average Bonchev–Trinajstić information content (AvgIpc) is 2.35. The molecular formula is C8H7FN2. The minimum atomic E-state index is -0.288. The summed E-state index contributed by atoms with van der Waals surface area (Å²) in [5.74, 6) is -0.288. The Morgan fingerprint density at radius 3 is 3.09 bits per heavy atom. The number of aryl methyl sites for hydroxylation is 1. The highest BCUT2D eigenvalue weighted by molar-refractivity contribution is 5.78. The fourth-order valence-electron chi connectivity index (χ4n) is 1.13. The van der Waals surface area contributed by atoms with Gasteiger partial charge in [0.15, 0.2) is 5.82 Å². The molecule has 2 rings (SSSR count). The van der Waals surface area contributed by atoms with Crippen LogP contribution in [0, 0.1) is 12.7 Å². The molecule has 3 heteroatoms. The number of fused-ring (bicyclic) bond motifs is 1. The maximum absolute atomic E-state index is 12.8. The summed E-state index contributed by atoms with van der Waals surface area (Å²) in [6, 6.07) is 1.85. The Labute approximate surface area is 63.1 Å². The number of pyridine rings is 1. The van der Waals surface area contributed by atoms with Gasteiger partial charge in [-0.1, -0.05) is 0 Å². The van der Waals surface area contributed by atoms with Crippen LogP contribution in [0.1, 0.15) is 5.56 Å². The Bertz CT molecular complexity index is 392. The van der Waals surface area contributed by atoms with E-state index in [4.69, 9.17) is 0 Å². The highest BCUT2D eigenvalue weighted by atomic mass is 19.1. The third kappa shape index (κ3) is 0.808. The molecule has 0 bridgehead atoms. The van der Waals surface area contributed by atoms with E-state index in [0.717, 1.165) is 11.1 Å². The number of halogens is 1. The van der Waals surface area contributed by atoms with Crippen molar-refractivity contribution in [3.8, 4) is 0 Å². The first-order chi connectivity index (χ1) is 5.29. The number of nitrogens with one attached hydrogen (secondary N) is 1. The summed E-state index contributed by atoms with van der Waals surface area (Å²) in [6.07, 6.45) is 2.93. The second-order valence-electron chi connectivity index (χ2n) is 2.49. The Morgan fingerprint density at radius 2 is 2.36 bits per heavy atom. The van der Waals surface area contributed by atoms with Gasteiger partial charge in [0.25, 0.3) is 0 Å². The van der Waals surface area contributed by atoms with Crippen molar-refractivity contribution in [2.24, 2.45) is 0 Å². The van der Waals surface area contributed by atoms with E-state index in [1.54, 1.807) is 6.20 Å². The van der Waals surface area contributed by atoms with Crippen LogP contribution in [0.3, 0.4) is 0 Å². The third-order valence-electron chi connectivity index (χ3n) is 1.73. The Hall–Kier alpha value is -1.38. The van der Waals surface area contributed by atoms with Crippen LogP contribution in [0.15, 0.2) is 18.5 Å². The number of rotatable bonds is 0. The van der Waals surface area contributed by atoms with Crippen LogP contribution in [-0.2, 0) is 0 Å². The molecule has 2 nitrogen and oxygen atoms in total. The summed E-state index contributed by atoms with van der Waals surface area (Å²) in [7, 11) is 0. The van der Waals surface area contributed by atoms with Gasteiger partial charge in [-0.3, -0.25) is 4.98 Å². The number of aromatic amines is 1. The van der Waals surface area contributed by atoms with Gasteiger partial charge in [-0.2, -0.15) is 0 Å². The van der Waals surface area contributed by atoms with Crippen LogP contribution in [-0.4, -0.2) is 9.97 Å². The van der Waals surface area contributed by atoms with Crippen molar-refractivity contribution in [2.75, 3.05) is 0 Å². The lowest BCUT2D eigenvalue weighted by atomic mass is 10.2. The van der Waals surface area contributed by atoms with Gasteiger partial charge in [-0.15, -0.1) is 0 Å². The number of H-pyrrole nitrogens is 1. The zero-order valence-electron chi connectivity index (χ0n) is 6.06. The lowest BCUT2D eigenvalue weighted by Gasteiger charge is -1.92. The summed E-state index contributed by atoms with van der Waals surface area (Å²) >= 11 is 0. The molecule has 0 aliphatic heterocycles. The van der Waals surface area contributed by atoms with E-state index in [2.05, 4.69) is 9.97 Å². The summed E-state index contributed by atoms with van der Waals surface area (Å²) in [5, 5.41) is 0. The average molecular weight is 150 g/mol.